The first-order chi connectivity index (χ1) is 13.7. The van der Waals surface area contributed by atoms with Crippen LogP contribution in [-0.4, -0.2) is 62.3 Å². The molecule has 0 bridgehead atoms. The summed E-state index contributed by atoms with van der Waals surface area (Å²) < 4.78 is 11.4. The fourth-order valence-electron chi connectivity index (χ4n) is 3.70. The Balaban J connectivity index is 1.23. The van der Waals surface area contributed by atoms with Crippen molar-refractivity contribution < 1.29 is 14.3 Å². The smallest absolute Gasteiger partial charge is 0.264 e. The van der Waals surface area contributed by atoms with Gasteiger partial charge in [0.15, 0.2) is 11.5 Å². The summed E-state index contributed by atoms with van der Waals surface area (Å²) in [7, 11) is 0. The number of carbonyl (C=O) groups excluding carboxylic acids is 1. The average molecular weight is 381 g/mol. The van der Waals surface area contributed by atoms with E-state index in [-0.39, 0.29) is 18.6 Å². The lowest BCUT2D eigenvalue weighted by atomic mass is 10.2. The monoisotopic (exact) mass is 381 g/mol. The SMILES string of the molecule is CC(CNC(=O)C1COc2ccccc2O1)N1CCN(c2ccccc2)CC1. The van der Waals surface area contributed by atoms with Crippen molar-refractivity contribution >= 4 is 11.6 Å². The lowest BCUT2D eigenvalue weighted by Crippen LogP contribution is -2.53. The number of hydrogen-bond donors (Lipinski definition) is 1. The Kier molecular flexibility index (Phi) is 5.67. The van der Waals surface area contributed by atoms with Crippen LogP contribution in [0.3, 0.4) is 0 Å². The molecule has 148 valence electrons. The number of fused-ring (bicyclic) bond motifs is 1. The van der Waals surface area contributed by atoms with Gasteiger partial charge in [-0.05, 0) is 31.2 Å². The number of hydrogen-bond acceptors (Lipinski definition) is 5. The molecule has 2 aliphatic heterocycles. The maximum atomic E-state index is 12.5. The average Bonchev–Trinajstić information content (AvgIpc) is 2.77. The first-order valence-corrected chi connectivity index (χ1v) is 9.91. The molecular formula is C22H27N3O3. The number of nitrogens with one attached hydrogen (secondary N) is 1. The van der Waals surface area contributed by atoms with Crippen molar-refractivity contribution in [2.45, 2.75) is 19.1 Å². The molecule has 0 spiro atoms. The largest absolute Gasteiger partial charge is 0.485 e. The van der Waals surface area contributed by atoms with Crippen molar-refractivity contribution in [3.63, 3.8) is 0 Å². The highest BCUT2D eigenvalue weighted by molar-refractivity contribution is 5.81. The predicted molar refractivity (Wildman–Crippen MR) is 109 cm³/mol. The standard InChI is InChI=1S/C22H27N3O3/c1-17(24-11-13-25(14-12-24)18-7-3-2-4-8-18)15-23-22(26)21-16-27-19-9-5-6-10-20(19)28-21/h2-10,17,21H,11-16H2,1H3,(H,23,26). The molecule has 6 heteroatoms. The summed E-state index contributed by atoms with van der Waals surface area (Å²) in [6, 6.07) is 18.2. The van der Waals surface area contributed by atoms with Crippen molar-refractivity contribution in [2.75, 3.05) is 44.2 Å². The van der Waals surface area contributed by atoms with E-state index in [9.17, 15) is 4.79 Å². The minimum atomic E-state index is -0.600. The van der Waals surface area contributed by atoms with Gasteiger partial charge < -0.3 is 19.7 Å². The Morgan fingerprint density at radius 3 is 2.46 bits per heavy atom. The Labute approximate surface area is 166 Å². The molecule has 1 N–H and O–H groups in total. The van der Waals surface area contributed by atoms with Gasteiger partial charge in [-0.25, -0.2) is 0 Å². The number of anilines is 1. The van der Waals surface area contributed by atoms with E-state index in [1.165, 1.54) is 5.69 Å². The molecule has 1 saturated heterocycles. The fourth-order valence-corrected chi connectivity index (χ4v) is 3.70. The molecule has 1 amide bonds. The van der Waals surface area contributed by atoms with E-state index >= 15 is 0 Å². The Morgan fingerprint density at radius 2 is 1.71 bits per heavy atom. The number of rotatable bonds is 5. The van der Waals surface area contributed by atoms with Crippen LogP contribution in [0.15, 0.2) is 54.6 Å². The zero-order valence-corrected chi connectivity index (χ0v) is 16.2. The molecule has 0 aliphatic carbocycles. The van der Waals surface area contributed by atoms with Gasteiger partial charge in [0.05, 0.1) is 0 Å². The molecule has 2 aliphatic rings. The highest BCUT2D eigenvalue weighted by Crippen LogP contribution is 2.30. The van der Waals surface area contributed by atoms with Crippen molar-refractivity contribution in [1.82, 2.24) is 10.2 Å². The highest BCUT2D eigenvalue weighted by Gasteiger charge is 2.28. The third kappa shape index (κ3) is 4.22. The van der Waals surface area contributed by atoms with E-state index in [1.807, 2.05) is 30.3 Å². The number of benzene rings is 2. The maximum absolute atomic E-state index is 12.5. The molecule has 2 atom stereocenters. The van der Waals surface area contributed by atoms with Crippen molar-refractivity contribution in [3.8, 4) is 11.5 Å². The van der Waals surface area contributed by atoms with Gasteiger partial charge in [-0.2, -0.15) is 0 Å². The predicted octanol–water partition coefficient (Wildman–Crippen LogP) is 2.15. The number of ether oxygens (including phenoxy) is 2. The van der Waals surface area contributed by atoms with Gasteiger partial charge in [0.25, 0.3) is 5.91 Å². The molecule has 1 fully saturated rings. The van der Waals surface area contributed by atoms with Crippen LogP contribution in [0.25, 0.3) is 0 Å². The molecule has 2 unspecified atom stereocenters. The summed E-state index contributed by atoms with van der Waals surface area (Å²) in [6.07, 6.45) is -0.600. The fraction of sp³-hybridized carbons (Fsp3) is 0.409. The summed E-state index contributed by atoms with van der Waals surface area (Å²) >= 11 is 0. The van der Waals surface area contributed by atoms with E-state index < -0.39 is 6.10 Å². The normalized spacial score (nSPS) is 20.5. The van der Waals surface area contributed by atoms with Crippen LogP contribution >= 0.6 is 0 Å². The summed E-state index contributed by atoms with van der Waals surface area (Å²) in [5.41, 5.74) is 1.28. The molecule has 2 heterocycles. The maximum Gasteiger partial charge on any atom is 0.264 e. The number of amides is 1. The lowest BCUT2D eigenvalue weighted by Gasteiger charge is -2.39. The van der Waals surface area contributed by atoms with Crippen LogP contribution in [-0.2, 0) is 4.79 Å². The summed E-state index contributed by atoms with van der Waals surface area (Å²) in [6.45, 7) is 6.98. The van der Waals surface area contributed by atoms with Gasteiger partial charge in [0, 0.05) is 44.5 Å². The summed E-state index contributed by atoms with van der Waals surface area (Å²) in [4.78, 5) is 17.3. The highest BCUT2D eigenvalue weighted by atomic mass is 16.6. The van der Waals surface area contributed by atoms with Gasteiger partial charge in [-0.15, -0.1) is 0 Å². The van der Waals surface area contributed by atoms with Crippen LogP contribution in [0.5, 0.6) is 11.5 Å². The van der Waals surface area contributed by atoms with Gasteiger partial charge in [-0.3, -0.25) is 9.69 Å². The van der Waals surface area contributed by atoms with Crippen molar-refractivity contribution in [1.29, 1.82) is 0 Å². The van der Waals surface area contributed by atoms with Crippen LogP contribution in [0, 0.1) is 0 Å². The summed E-state index contributed by atoms with van der Waals surface area (Å²) in [5.74, 6) is 1.19. The van der Waals surface area contributed by atoms with Gasteiger partial charge in [0.1, 0.15) is 6.61 Å². The Hall–Kier alpha value is -2.73. The molecule has 0 saturated carbocycles. The lowest BCUT2D eigenvalue weighted by molar-refractivity contribution is -0.130. The second kappa shape index (κ2) is 8.52. The third-order valence-corrected chi connectivity index (χ3v) is 5.43. The minimum absolute atomic E-state index is 0.121. The van der Waals surface area contributed by atoms with E-state index in [2.05, 4.69) is 46.3 Å². The van der Waals surface area contributed by atoms with Crippen molar-refractivity contribution in [2.24, 2.45) is 0 Å². The molecule has 0 aromatic heterocycles. The molecule has 28 heavy (non-hydrogen) atoms. The van der Waals surface area contributed by atoms with Crippen LogP contribution in [0.4, 0.5) is 5.69 Å². The first-order valence-electron chi connectivity index (χ1n) is 9.91. The third-order valence-electron chi connectivity index (χ3n) is 5.43. The summed E-state index contributed by atoms with van der Waals surface area (Å²) in [5, 5.41) is 3.02. The molecule has 2 aromatic rings. The zero-order valence-electron chi connectivity index (χ0n) is 16.2. The van der Waals surface area contributed by atoms with Gasteiger partial charge in [-0.1, -0.05) is 30.3 Å². The van der Waals surface area contributed by atoms with Crippen LogP contribution < -0.4 is 19.7 Å². The van der Waals surface area contributed by atoms with Crippen molar-refractivity contribution in [3.05, 3.63) is 54.6 Å². The molecule has 6 nitrogen and oxygen atoms in total. The van der Waals surface area contributed by atoms with E-state index in [0.29, 0.717) is 18.0 Å². The number of piperazine rings is 1. The Morgan fingerprint density at radius 1 is 1.04 bits per heavy atom. The molecule has 2 aromatic carbocycles. The quantitative estimate of drug-likeness (QED) is 0.860. The van der Waals surface area contributed by atoms with Gasteiger partial charge >= 0.3 is 0 Å². The van der Waals surface area contributed by atoms with E-state index in [4.69, 9.17) is 9.47 Å². The second-order valence-electron chi connectivity index (χ2n) is 7.32. The van der Waals surface area contributed by atoms with Crippen LogP contribution in [0.2, 0.25) is 0 Å². The topological polar surface area (TPSA) is 54.0 Å². The number of carbonyl (C=O) groups is 1. The molecular weight excluding hydrogens is 354 g/mol. The van der Waals surface area contributed by atoms with Crippen LogP contribution in [0.1, 0.15) is 6.92 Å². The Bertz CT molecular complexity index is 791. The van der Waals surface area contributed by atoms with Gasteiger partial charge in [0.2, 0.25) is 6.10 Å². The molecule has 0 radical (unpaired) electrons. The van der Waals surface area contributed by atoms with E-state index in [1.54, 1.807) is 0 Å². The second-order valence-corrected chi connectivity index (χ2v) is 7.32. The molecule has 4 rings (SSSR count). The van der Waals surface area contributed by atoms with E-state index in [0.717, 1.165) is 26.2 Å². The number of para-hydroxylation sites is 3. The number of nitrogens with zero attached hydrogens (tertiary/aromatic N) is 2. The first kappa shape index (κ1) is 18.6. The minimum Gasteiger partial charge on any atom is -0.485 e. The zero-order chi connectivity index (χ0) is 19.3.